The summed E-state index contributed by atoms with van der Waals surface area (Å²) in [6.45, 7) is 5.84. The van der Waals surface area contributed by atoms with Crippen LogP contribution in [0.2, 0.25) is 0 Å². The van der Waals surface area contributed by atoms with Crippen LogP contribution in [0.25, 0.3) is 0 Å². The van der Waals surface area contributed by atoms with E-state index in [0.29, 0.717) is 0 Å². The number of nitrogens with two attached hydrogens (primary N) is 1. The number of aliphatic carboxylic acids is 1. The van der Waals surface area contributed by atoms with E-state index < -0.39 is 5.97 Å². The minimum atomic E-state index is -0.968. The van der Waals surface area contributed by atoms with Crippen molar-refractivity contribution in [2.45, 2.75) is 71.1 Å². The normalized spacial score (nSPS) is 9.06. The Morgan fingerprint density at radius 1 is 1.00 bits per heavy atom. The van der Waals surface area contributed by atoms with E-state index in [9.17, 15) is 4.79 Å². The largest absolute Gasteiger partial charge is 1.00 e. The third-order valence-electron chi connectivity index (χ3n) is 2.53. The second kappa shape index (κ2) is 22.6. The predicted octanol–water partition coefficient (Wildman–Crippen LogP) is 0.775. The van der Waals surface area contributed by atoms with Crippen LogP contribution in [0, 0.1) is 6.92 Å². The molecule has 0 atom stereocenters. The van der Waals surface area contributed by atoms with Crippen LogP contribution in [0.15, 0.2) is 0 Å². The molecule has 0 aromatic rings. The van der Waals surface area contributed by atoms with Gasteiger partial charge in [-0.05, 0) is 0 Å². The van der Waals surface area contributed by atoms with E-state index in [1.54, 1.807) is 0 Å². The predicted molar refractivity (Wildman–Crippen MR) is 73.9 cm³/mol. The molecule has 0 rings (SSSR count). The van der Waals surface area contributed by atoms with E-state index in [0.717, 1.165) is 6.42 Å². The van der Waals surface area contributed by atoms with Crippen LogP contribution in [0.3, 0.4) is 0 Å². The van der Waals surface area contributed by atoms with Crippen LogP contribution in [-0.4, -0.2) is 17.6 Å². The molecule has 3 nitrogen and oxygen atoms in total. The molecule has 0 bridgehead atoms. The third kappa shape index (κ3) is 29.9. The molecular weight excluding hydrogens is 237 g/mol. The minimum Gasteiger partial charge on any atom is -0.480 e. The molecule has 0 aliphatic heterocycles. The van der Waals surface area contributed by atoms with Crippen LogP contribution in [0.4, 0.5) is 0 Å². The van der Waals surface area contributed by atoms with Crippen molar-refractivity contribution in [2.75, 3.05) is 6.54 Å². The van der Waals surface area contributed by atoms with Crippen molar-refractivity contribution in [2.24, 2.45) is 5.73 Å². The van der Waals surface area contributed by atoms with Gasteiger partial charge in [-0.15, -0.1) is 0 Å². The van der Waals surface area contributed by atoms with Crippen LogP contribution in [-0.2, 0) is 4.79 Å². The van der Waals surface area contributed by atoms with Crippen molar-refractivity contribution < 1.29 is 39.5 Å². The zero-order chi connectivity index (χ0) is 13.4. The van der Waals surface area contributed by atoms with Gasteiger partial charge in [-0.1, -0.05) is 64.7 Å². The number of rotatable bonds is 10. The molecule has 0 heterocycles. The first kappa shape index (κ1) is 23.5. The number of hydrogen-bond acceptors (Lipinski definition) is 2. The van der Waals surface area contributed by atoms with Gasteiger partial charge in [0.25, 0.3) is 0 Å². The van der Waals surface area contributed by atoms with Crippen molar-refractivity contribution in [3.05, 3.63) is 6.92 Å². The van der Waals surface area contributed by atoms with E-state index in [2.05, 4.69) is 19.6 Å². The summed E-state index contributed by atoms with van der Waals surface area (Å²) < 4.78 is 0. The van der Waals surface area contributed by atoms with Crippen molar-refractivity contribution >= 4 is 5.97 Å². The van der Waals surface area contributed by atoms with Crippen LogP contribution < -0.4 is 35.3 Å². The van der Waals surface area contributed by atoms with E-state index in [-0.39, 0.29) is 36.1 Å². The van der Waals surface area contributed by atoms with Gasteiger partial charge in [0.15, 0.2) is 0 Å². The van der Waals surface area contributed by atoms with Crippen molar-refractivity contribution in [1.29, 1.82) is 0 Å². The van der Waals surface area contributed by atoms with Crippen LogP contribution in [0.1, 0.15) is 71.1 Å². The standard InChI is InChI=1S/C12H25.C2H5NO2.Na/c1-3-5-7-9-11-12-10-8-6-4-2;3-1-2(4)5;/h1,3-12H2,2H3;1,3H2,(H,4,5);/q-1;;+1. The summed E-state index contributed by atoms with van der Waals surface area (Å²) in [7, 11) is 0. The first-order valence-corrected chi connectivity index (χ1v) is 6.90. The summed E-state index contributed by atoms with van der Waals surface area (Å²) in [5.74, 6) is -0.968. The maximum Gasteiger partial charge on any atom is 1.00 e. The van der Waals surface area contributed by atoms with Gasteiger partial charge in [0.05, 0.1) is 6.54 Å². The summed E-state index contributed by atoms with van der Waals surface area (Å²) in [6, 6.07) is 0. The average molecular weight is 267 g/mol. The quantitative estimate of drug-likeness (QED) is 0.349. The molecule has 0 spiro atoms. The summed E-state index contributed by atoms with van der Waals surface area (Å²) in [6.07, 6.45) is 13.9. The molecule has 0 saturated heterocycles. The van der Waals surface area contributed by atoms with Crippen molar-refractivity contribution in [3.8, 4) is 0 Å². The van der Waals surface area contributed by atoms with Crippen LogP contribution in [0.5, 0.6) is 0 Å². The molecule has 0 amide bonds. The summed E-state index contributed by atoms with van der Waals surface area (Å²) in [4.78, 5) is 9.24. The van der Waals surface area contributed by atoms with Gasteiger partial charge in [-0.2, -0.15) is 6.42 Å². The van der Waals surface area contributed by atoms with E-state index >= 15 is 0 Å². The summed E-state index contributed by atoms with van der Waals surface area (Å²) in [5, 5.41) is 7.60. The van der Waals surface area contributed by atoms with Gasteiger partial charge in [-0.3, -0.25) is 4.79 Å². The zero-order valence-electron chi connectivity index (χ0n) is 12.4. The van der Waals surface area contributed by atoms with E-state index in [4.69, 9.17) is 5.11 Å². The Kier molecular flexibility index (Phi) is 29.5. The molecule has 3 N–H and O–H groups in total. The molecule has 0 aliphatic rings. The Morgan fingerprint density at radius 2 is 1.33 bits per heavy atom. The maximum atomic E-state index is 9.24. The first-order chi connectivity index (χ1) is 8.18. The average Bonchev–Trinajstić information content (AvgIpc) is 2.33. The molecule has 104 valence electrons. The van der Waals surface area contributed by atoms with E-state index in [1.165, 1.54) is 57.8 Å². The zero-order valence-corrected chi connectivity index (χ0v) is 14.4. The number of carboxylic acids is 1. The Hall–Kier alpha value is 0.430. The topological polar surface area (TPSA) is 63.3 Å². The molecule has 0 aromatic heterocycles. The third-order valence-corrected chi connectivity index (χ3v) is 2.53. The number of carbonyl (C=O) groups is 1. The SMILES string of the molecule is NCC(=O)O.[CH2-]CCCCCCCCCCC.[Na+]. The molecule has 0 aliphatic carbocycles. The van der Waals surface area contributed by atoms with Crippen molar-refractivity contribution in [3.63, 3.8) is 0 Å². The molecular formula is C14H30NNaO2. The van der Waals surface area contributed by atoms with Gasteiger partial charge in [0, 0.05) is 0 Å². The summed E-state index contributed by atoms with van der Waals surface area (Å²) in [5.41, 5.74) is 4.57. The van der Waals surface area contributed by atoms with Gasteiger partial charge in [0.2, 0.25) is 0 Å². The number of carboxylic acid groups (broad SMARTS) is 1. The van der Waals surface area contributed by atoms with Gasteiger partial charge >= 0.3 is 35.5 Å². The fourth-order valence-corrected chi connectivity index (χ4v) is 1.49. The molecule has 0 aromatic carbocycles. The Morgan fingerprint density at radius 3 is 1.61 bits per heavy atom. The van der Waals surface area contributed by atoms with Crippen LogP contribution >= 0.6 is 0 Å². The molecule has 0 fully saturated rings. The monoisotopic (exact) mass is 267 g/mol. The molecule has 4 heteroatoms. The Labute approximate surface area is 135 Å². The van der Waals surface area contributed by atoms with Gasteiger partial charge in [-0.25, -0.2) is 0 Å². The Bertz CT molecular complexity index is 145. The number of hydrogen-bond donors (Lipinski definition) is 2. The molecule has 0 saturated carbocycles. The molecule has 18 heavy (non-hydrogen) atoms. The second-order valence-electron chi connectivity index (χ2n) is 4.28. The fraction of sp³-hybridized carbons (Fsp3) is 0.857. The van der Waals surface area contributed by atoms with E-state index in [1.807, 2.05) is 0 Å². The first-order valence-electron chi connectivity index (χ1n) is 6.90. The summed E-state index contributed by atoms with van der Waals surface area (Å²) >= 11 is 0. The molecule has 0 unspecified atom stereocenters. The molecule has 0 radical (unpaired) electrons. The maximum absolute atomic E-state index is 9.24. The minimum absolute atomic E-state index is 0. The number of unbranched alkanes of at least 4 members (excludes halogenated alkanes) is 9. The van der Waals surface area contributed by atoms with Gasteiger partial charge < -0.3 is 17.8 Å². The van der Waals surface area contributed by atoms with Gasteiger partial charge in [0.1, 0.15) is 0 Å². The Balaban J connectivity index is -0.000000321. The second-order valence-corrected chi connectivity index (χ2v) is 4.28. The van der Waals surface area contributed by atoms with Crippen molar-refractivity contribution in [1.82, 2.24) is 0 Å². The fourth-order valence-electron chi connectivity index (χ4n) is 1.49. The smallest absolute Gasteiger partial charge is 0.480 e.